The maximum Gasteiger partial charge on any atom is 0.245 e. The summed E-state index contributed by atoms with van der Waals surface area (Å²) in [5.41, 5.74) is 0.878. The zero-order valence-corrected chi connectivity index (χ0v) is 19.9. The van der Waals surface area contributed by atoms with Gasteiger partial charge in [0.15, 0.2) is 5.82 Å². The van der Waals surface area contributed by atoms with Crippen LogP contribution in [-0.2, 0) is 16.0 Å². The second-order valence-corrected chi connectivity index (χ2v) is 7.94. The number of nitrogens with zero attached hydrogens (tertiary/aromatic N) is 3. The Morgan fingerprint density at radius 1 is 1.19 bits per heavy atom. The van der Waals surface area contributed by atoms with Gasteiger partial charge in [0.25, 0.3) is 0 Å². The van der Waals surface area contributed by atoms with E-state index in [-0.39, 0.29) is 30.8 Å². The Bertz CT molecular complexity index is 846. The van der Waals surface area contributed by atoms with E-state index in [2.05, 4.69) is 29.2 Å². The number of amides is 2. The number of aromatic nitrogens is 1. The van der Waals surface area contributed by atoms with Crippen molar-refractivity contribution < 1.29 is 18.8 Å². The molecule has 0 radical (unpaired) electrons. The van der Waals surface area contributed by atoms with Crippen LogP contribution in [-0.4, -0.2) is 66.1 Å². The van der Waals surface area contributed by atoms with Crippen molar-refractivity contribution in [3.8, 4) is 5.75 Å². The lowest BCUT2D eigenvalue weighted by atomic mass is 10.1. The van der Waals surface area contributed by atoms with Gasteiger partial charge in [-0.2, -0.15) is 0 Å². The van der Waals surface area contributed by atoms with Crippen molar-refractivity contribution in [2.75, 3.05) is 38.6 Å². The lowest BCUT2D eigenvalue weighted by Crippen LogP contribution is -2.44. The maximum atomic E-state index is 13.2. The summed E-state index contributed by atoms with van der Waals surface area (Å²) < 4.78 is 10.2. The van der Waals surface area contributed by atoms with Gasteiger partial charge in [-0.1, -0.05) is 31.1 Å². The average Bonchev–Trinajstić information content (AvgIpc) is 3.19. The predicted octanol–water partition coefficient (Wildman–Crippen LogP) is 3.51. The first kappa shape index (κ1) is 25.4. The number of benzene rings is 1. The number of nitrogens with one attached hydrogen (secondary N) is 1. The minimum atomic E-state index is -0.294. The Kier molecular flexibility index (Phi) is 10.2. The van der Waals surface area contributed by atoms with Gasteiger partial charge in [0.05, 0.1) is 13.5 Å². The third-order valence-electron chi connectivity index (χ3n) is 5.57. The van der Waals surface area contributed by atoms with Crippen LogP contribution in [0.5, 0.6) is 5.75 Å². The fraction of sp³-hybridized carbons (Fsp3) is 0.542. The van der Waals surface area contributed by atoms with Crippen LogP contribution in [0, 0.1) is 6.92 Å². The minimum absolute atomic E-state index is 0.0344. The summed E-state index contributed by atoms with van der Waals surface area (Å²) in [6.45, 7) is 11.0. The van der Waals surface area contributed by atoms with Gasteiger partial charge in [0.2, 0.25) is 11.8 Å². The van der Waals surface area contributed by atoms with Crippen LogP contribution in [0.3, 0.4) is 0 Å². The molecular formula is C24H36N4O4. The second-order valence-electron chi connectivity index (χ2n) is 7.94. The number of aryl methyl sites for hydroxylation is 1. The largest absolute Gasteiger partial charge is 0.497 e. The van der Waals surface area contributed by atoms with Crippen molar-refractivity contribution >= 4 is 17.6 Å². The molecule has 1 aromatic carbocycles. The molecule has 176 valence electrons. The molecule has 0 aliphatic heterocycles. The van der Waals surface area contributed by atoms with Gasteiger partial charge in [-0.15, -0.1) is 0 Å². The van der Waals surface area contributed by atoms with E-state index in [1.807, 2.05) is 31.2 Å². The molecule has 1 N–H and O–H groups in total. The van der Waals surface area contributed by atoms with Crippen molar-refractivity contribution in [3.63, 3.8) is 0 Å². The summed E-state index contributed by atoms with van der Waals surface area (Å²) in [5.74, 6) is 1.32. The van der Waals surface area contributed by atoms with Crippen LogP contribution in [0.15, 0.2) is 34.9 Å². The Morgan fingerprint density at radius 3 is 2.44 bits per heavy atom. The zero-order valence-electron chi connectivity index (χ0n) is 19.9. The Balaban J connectivity index is 2.05. The number of methoxy groups -OCH3 is 1. The van der Waals surface area contributed by atoms with Crippen molar-refractivity contribution in [1.82, 2.24) is 15.0 Å². The molecule has 2 rings (SSSR count). The van der Waals surface area contributed by atoms with Crippen molar-refractivity contribution in [2.45, 2.75) is 53.0 Å². The quantitative estimate of drug-likeness (QED) is 0.509. The van der Waals surface area contributed by atoms with E-state index in [0.717, 1.165) is 43.8 Å². The van der Waals surface area contributed by atoms with E-state index in [1.165, 1.54) is 0 Å². The first-order chi connectivity index (χ1) is 15.4. The molecule has 1 atom stereocenters. The summed E-state index contributed by atoms with van der Waals surface area (Å²) in [4.78, 5) is 29.8. The highest BCUT2D eigenvalue weighted by atomic mass is 16.5. The summed E-state index contributed by atoms with van der Waals surface area (Å²) in [6.07, 6.45) is 2.00. The van der Waals surface area contributed by atoms with Gasteiger partial charge in [-0.3, -0.25) is 9.59 Å². The molecule has 0 saturated heterocycles. The average molecular weight is 445 g/mol. The van der Waals surface area contributed by atoms with Gasteiger partial charge in [0.1, 0.15) is 18.1 Å². The monoisotopic (exact) mass is 444 g/mol. The highest BCUT2D eigenvalue weighted by Crippen LogP contribution is 2.15. The Labute approximate surface area is 190 Å². The molecule has 0 spiro atoms. The molecule has 0 aliphatic carbocycles. The zero-order chi connectivity index (χ0) is 23.5. The lowest BCUT2D eigenvalue weighted by molar-refractivity contribution is -0.136. The predicted molar refractivity (Wildman–Crippen MR) is 125 cm³/mol. The Hall–Kier alpha value is -2.87. The molecule has 0 bridgehead atoms. The first-order valence-electron chi connectivity index (χ1n) is 11.2. The fourth-order valence-corrected chi connectivity index (χ4v) is 3.58. The van der Waals surface area contributed by atoms with Gasteiger partial charge >= 0.3 is 0 Å². The van der Waals surface area contributed by atoms with Gasteiger partial charge < -0.3 is 24.4 Å². The first-order valence-corrected chi connectivity index (χ1v) is 11.2. The van der Waals surface area contributed by atoms with Crippen LogP contribution in [0.2, 0.25) is 0 Å². The molecule has 0 fully saturated rings. The van der Waals surface area contributed by atoms with E-state index in [0.29, 0.717) is 11.6 Å². The van der Waals surface area contributed by atoms with E-state index >= 15 is 0 Å². The van der Waals surface area contributed by atoms with Crippen LogP contribution >= 0.6 is 0 Å². The standard InChI is InChI=1S/C24H36N4O4/c1-6-27(7-2)14-8-9-18(3)28(17-23(29)25-22-15-19(4)32-26-22)24(30)16-20-10-12-21(31-5)13-11-20/h10-13,15,18H,6-9,14,16-17H2,1-5H3,(H,25,26,29). The molecule has 32 heavy (non-hydrogen) atoms. The van der Waals surface area contributed by atoms with Crippen LogP contribution in [0.25, 0.3) is 0 Å². The third kappa shape index (κ3) is 8.00. The third-order valence-corrected chi connectivity index (χ3v) is 5.57. The molecular weight excluding hydrogens is 408 g/mol. The second kappa shape index (κ2) is 12.9. The number of carbonyl (C=O) groups is 2. The molecule has 8 nitrogen and oxygen atoms in total. The summed E-state index contributed by atoms with van der Waals surface area (Å²) in [5, 5.41) is 6.51. The number of carbonyl (C=O) groups excluding carboxylic acids is 2. The van der Waals surface area contributed by atoms with E-state index in [4.69, 9.17) is 9.26 Å². The molecule has 1 aromatic heterocycles. The molecule has 0 saturated carbocycles. The smallest absolute Gasteiger partial charge is 0.245 e. The number of ether oxygens (including phenoxy) is 1. The number of rotatable bonds is 13. The van der Waals surface area contributed by atoms with E-state index in [9.17, 15) is 9.59 Å². The highest BCUT2D eigenvalue weighted by Gasteiger charge is 2.23. The molecule has 2 amide bonds. The van der Waals surface area contributed by atoms with Crippen molar-refractivity contribution in [3.05, 3.63) is 41.7 Å². The number of hydrogen-bond donors (Lipinski definition) is 1. The van der Waals surface area contributed by atoms with Crippen LogP contribution < -0.4 is 10.1 Å². The van der Waals surface area contributed by atoms with Crippen molar-refractivity contribution in [1.29, 1.82) is 0 Å². The van der Waals surface area contributed by atoms with E-state index in [1.54, 1.807) is 25.0 Å². The lowest BCUT2D eigenvalue weighted by Gasteiger charge is -2.29. The van der Waals surface area contributed by atoms with Gasteiger partial charge in [-0.05, 0) is 64.0 Å². The summed E-state index contributed by atoms with van der Waals surface area (Å²) in [7, 11) is 1.61. The van der Waals surface area contributed by atoms with Crippen LogP contribution in [0.4, 0.5) is 5.82 Å². The molecule has 1 unspecified atom stereocenters. The normalized spacial score (nSPS) is 11.9. The SMILES string of the molecule is CCN(CC)CCCC(C)N(CC(=O)Nc1cc(C)on1)C(=O)Cc1ccc(OC)cc1. The van der Waals surface area contributed by atoms with Crippen molar-refractivity contribution in [2.24, 2.45) is 0 Å². The fourth-order valence-electron chi connectivity index (χ4n) is 3.58. The van der Waals surface area contributed by atoms with Gasteiger partial charge in [0, 0.05) is 12.1 Å². The van der Waals surface area contributed by atoms with Crippen LogP contribution in [0.1, 0.15) is 44.9 Å². The molecule has 8 heteroatoms. The number of anilines is 1. The van der Waals surface area contributed by atoms with Gasteiger partial charge in [-0.25, -0.2) is 0 Å². The minimum Gasteiger partial charge on any atom is -0.497 e. The summed E-state index contributed by atoms with van der Waals surface area (Å²) >= 11 is 0. The molecule has 0 aliphatic rings. The summed E-state index contributed by atoms with van der Waals surface area (Å²) in [6, 6.07) is 8.99. The molecule has 2 aromatic rings. The van der Waals surface area contributed by atoms with E-state index < -0.39 is 0 Å². The Morgan fingerprint density at radius 2 is 1.88 bits per heavy atom. The molecule has 1 heterocycles. The number of hydrogen-bond acceptors (Lipinski definition) is 6. The highest BCUT2D eigenvalue weighted by molar-refractivity contribution is 5.94. The maximum absolute atomic E-state index is 13.2. The topological polar surface area (TPSA) is 87.9 Å².